The first kappa shape index (κ1) is 12.4. The predicted molar refractivity (Wildman–Crippen MR) is 49.0 cm³/mol. The molecule has 0 aromatic carbocycles. The van der Waals surface area contributed by atoms with Gasteiger partial charge in [-0.2, -0.15) is 5.26 Å². The number of nitrogens with one attached hydrogen (secondary N) is 1. The summed E-state index contributed by atoms with van der Waals surface area (Å²) in [5.74, 6) is -1.09. The van der Waals surface area contributed by atoms with Crippen LogP contribution in [0.15, 0.2) is 0 Å². The van der Waals surface area contributed by atoms with Gasteiger partial charge in [0.15, 0.2) is 0 Å². The molecule has 78 valence electrons. The lowest BCUT2D eigenvalue weighted by molar-refractivity contribution is -0.146. The van der Waals surface area contributed by atoms with E-state index in [9.17, 15) is 9.59 Å². The van der Waals surface area contributed by atoms with Crippen LogP contribution in [0.5, 0.6) is 0 Å². The van der Waals surface area contributed by atoms with E-state index in [1.807, 2.05) is 6.07 Å². The molecule has 0 saturated heterocycles. The molecule has 0 spiro atoms. The Hall–Kier alpha value is -1.57. The Bertz CT molecular complexity index is 257. The van der Waals surface area contributed by atoms with Crippen LogP contribution in [-0.4, -0.2) is 25.0 Å². The Balaban J connectivity index is 4.46. The van der Waals surface area contributed by atoms with E-state index in [1.165, 1.54) is 14.0 Å². The summed E-state index contributed by atoms with van der Waals surface area (Å²) in [6, 6.07) is 1.20. The molecule has 0 aliphatic rings. The minimum absolute atomic E-state index is 0.194. The maximum Gasteiger partial charge on any atom is 0.328 e. The van der Waals surface area contributed by atoms with Gasteiger partial charge in [-0.05, 0) is 0 Å². The minimum Gasteiger partial charge on any atom is -0.467 e. The lowest BCUT2D eigenvalue weighted by Crippen LogP contribution is -2.44. The second kappa shape index (κ2) is 5.97. The summed E-state index contributed by atoms with van der Waals surface area (Å²) in [4.78, 5) is 22.0. The van der Waals surface area contributed by atoms with Crippen molar-refractivity contribution in [2.45, 2.75) is 26.3 Å². The molecule has 0 fully saturated rings. The largest absolute Gasteiger partial charge is 0.467 e. The highest BCUT2D eigenvalue weighted by molar-refractivity contribution is 5.83. The zero-order valence-corrected chi connectivity index (χ0v) is 8.53. The molecule has 1 N–H and O–H groups in total. The zero-order chi connectivity index (χ0) is 11.1. The number of carbonyl (C=O) groups excluding carboxylic acids is 2. The van der Waals surface area contributed by atoms with Crippen LogP contribution in [0, 0.1) is 17.2 Å². The van der Waals surface area contributed by atoms with Crippen LogP contribution in [-0.2, 0) is 14.3 Å². The summed E-state index contributed by atoms with van der Waals surface area (Å²) < 4.78 is 4.52. The van der Waals surface area contributed by atoms with Crippen LogP contribution in [0.3, 0.4) is 0 Å². The minimum atomic E-state index is -0.739. The molecular weight excluding hydrogens is 184 g/mol. The molecule has 0 radical (unpaired) electrons. The molecule has 2 atom stereocenters. The third-order valence-electron chi connectivity index (χ3n) is 1.80. The van der Waals surface area contributed by atoms with Crippen molar-refractivity contribution in [1.82, 2.24) is 5.32 Å². The van der Waals surface area contributed by atoms with E-state index < -0.39 is 12.0 Å². The Morgan fingerprint density at radius 1 is 1.57 bits per heavy atom. The predicted octanol–water partition coefficient (Wildman–Crippen LogP) is 0.214. The van der Waals surface area contributed by atoms with E-state index in [0.717, 1.165) is 0 Å². The van der Waals surface area contributed by atoms with Crippen LogP contribution in [0.4, 0.5) is 0 Å². The summed E-state index contributed by atoms with van der Waals surface area (Å²) in [6.07, 6.45) is 0.194. The number of amides is 1. The number of hydrogen-bond donors (Lipinski definition) is 1. The number of nitriles is 1. The highest BCUT2D eigenvalue weighted by Gasteiger charge is 2.26. The summed E-state index contributed by atoms with van der Waals surface area (Å²) in [5, 5.41) is 10.9. The van der Waals surface area contributed by atoms with Crippen LogP contribution in [0.1, 0.15) is 20.3 Å². The molecule has 0 saturated carbocycles. The molecule has 0 unspecified atom stereocenters. The molecule has 0 aromatic rings. The van der Waals surface area contributed by atoms with Crippen LogP contribution in [0.2, 0.25) is 0 Å². The standard InChI is InChI=1S/C9H14N2O3/c1-6(4-5-10)8(9(13)14-3)11-7(2)12/h6,8H,4H2,1-3H3,(H,11,12)/t6-,8+/m1/s1. The first-order chi connectivity index (χ1) is 6.52. The lowest BCUT2D eigenvalue weighted by Gasteiger charge is -2.19. The van der Waals surface area contributed by atoms with Crippen LogP contribution < -0.4 is 5.32 Å². The molecule has 0 aliphatic carbocycles. The van der Waals surface area contributed by atoms with Crippen molar-refractivity contribution in [3.05, 3.63) is 0 Å². The molecule has 14 heavy (non-hydrogen) atoms. The van der Waals surface area contributed by atoms with E-state index in [-0.39, 0.29) is 18.2 Å². The van der Waals surface area contributed by atoms with Crippen LogP contribution >= 0.6 is 0 Å². The fourth-order valence-electron chi connectivity index (χ4n) is 1.04. The van der Waals surface area contributed by atoms with Crippen LogP contribution in [0.25, 0.3) is 0 Å². The molecule has 0 heterocycles. The number of carbonyl (C=O) groups is 2. The van der Waals surface area contributed by atoms with Gasteiger partial charge in [0.2, 0.25) is 5.91 Å². The molecule has 5 heteroatoms. The average Bonchev–Trinajstić information content (AvgIpc) is 2.13. The Kier molecular flexibility index (Phi) is 5.30. The maximum atomic E-state index is 11.2. The van der Waals surface area contributed by atoms with Crippen molar-refractivity contribution >= 4 is 11.9 Å². The Morgan fingerprint density at radius 2 is 2.14 bits per heavy atom. The highest BCUT2D eigenvalue weighted by atomic mass is 16.5. The summed E-state index contributed by atoms with van der Waals surface area (Å²) in [5.41, 5.74) is 0. The van der Waals surface area contributed by atoms with Gasteiger partial charge in [0.1, 0.15) is 6.04 Å². The molecule has 0 aromatic heterocycles. The van der Waals surface area contributed by atoms with Gasteiger partial charge in [-0.1, -0.05) is 6.92 Å². The van der Waals surface area contributed by atoms with Gasteiger partial charge < -0.3 is 10.1 Å². The molecular formula is C9H14N2O3. The van der Waals surface area contributed by atoms with Gasteiger partial charge in [0.05, 0.1) is 13.2 Å². The fourth-order valence-corrected chi connectivity index (χ4v) is 1.04. The topological polar surface area (TPSA) is 79.2 Å². The van der Waals surface area contributed by atoms with E-state index in [4.69, 9.17) is 5.26 Å². The number of rotatable bonds is 4. The third-order valence-corrected chi connectivity index (χ3v) is 1.80. The first-order valence-electron chi connectivity index (χ1n) is 4.24. The van der Waals surface area contributed by atoms with E-state index in [1.54, 1.807) is 6.92 Å². The number of nitrogens with zero attached hydrogens (tertiary/aromatic N) is 1. The van der Waals surface area contributed by atoms with Crippen molar-refractivity contribution < 1.29 is 14.3 Å². The number of ether oxygens (including phenoxy) is 1. The average molecular weight is 198 g/mol. The van der Waals surface area contributed by atoms with Crippen molar-refractivity contribution in [2.75, 3.05) is 7.11 Å². The van der Waals surface area contributed by atoms with Gasteiger partial charge in [0.25, 0.3) is 0 Å². The van der Waals surface area contributed by atoms with Gasteiger partial charge in [-0.3, -0.25) is 4.79 Å². The van der Waals surface area contributed by atoms with Crippen molar-refractivity contribution in [3.63, 3.8) is 0 Å². The molecule has 0 bridgehead atoms. The Morgan fingerprint density at radius 3 is 2.50 bits per heavy atom. The van der Waals surface area contributed by atoms with Gasteiger partial charge >= 0.3 is 5.97 Å². The number of esters is 1. The van der Waals surface area contributed by atoms with E-state index in [0.29, 0.717) is 0 Å². The summed E-state index contributed by atoms with van der Waals surface area (Å²) in [6.45, 7) is 3.02. The lowest BCUT2D eigenvalue weighted by atomic mass is 9.99. The van der Waals surface area contributed by atoms with Gasteiger partial charge in [0, 0.05) is 19.3 Å². The monoisotopic (exact) mass is 198 g/mol. The summed E-state index contributed by atoms with van der Waals surface area (Å²) >= 11 is 0. The molecule has 1 amide bonds. The molecule has 0 rings (SSSR count). The number of hydrogen-bond acceptors (Lipinski definition) is 4. The smallest absolute Gasteiger partial charge is 0.328 e. The SMILES string of the molecule is COC(=O)[C@@H](NC(C)=O)[C@H](C)CC#N. The second-order valence-electron chi connectivity index (χ2n) is 3.04. The summed E-state index contributed by atoms with van der Waals surface area (Å²) in [7, 11) is 1.25. The highest BCUT2D eigenvalue weighted by Crippen LogP contribution is 2.08. The van der Waals surface area contributed by atoms with Crippen molar-refractivity contribution in [1.29, 1.82) is 5.26 Å². The van der Waals surface area contributed by atoms with Crippen molar-refractivity contribution in [3.8, 4) is 6.07 Å². The van der Waals surface area contributed by atoms with Crippen molar-refractivity contribution in [2.24, 2.45) is 5.92 Å². The molecule has 0 aliphatic heterocycles. The first-order valence-corrected chi connectivity index (χ1v) is 4.24. The zero-order valence-electron chi connectivity index (χ0n) is 8.53. The third kappa shape index (κ3) is 3.90. The normalized spacial score (nSPS) is 13.6. The van der Waals surface area contributed by atoms with Gasteiger partial charge in [-0.15, -0.1) is 0 Å². The number of methoxy groups -OCH3 is 1. The Labute approximate surface area is 83.0 Å². The van der Waals surface area contributed by atoms with Gasteiger partial charge in [-0.25, -0.2) is 4.79 Å². The quantitative estimate of drug-likeness (QED) is 0.655. The van der Waals surface area contributed by atoms with E-state index >= 15 is 0 Å². The second-order valence-corrected chi connectivity index (χ2v) is 3.04. The fraction of sp³-hybridized carbons (Fsp3) is 0.667. The van der Waals surface area contributed by atoms with E-state index in [2.05, 4.69) is 10.1 Å². The maximum absolute atomic E-state index is 11.2. The molecule has 5 nitrogen and oxygen atoms in total.